The zero-order chi connectivity index (χ0) is 14.7. The Balaban J connectivity index is 2.14. The highest BCUT2D eigenvalue weighted by molar-refractivity contribution is 5.94. The monoisotopic (exact) mass is 279 g/mol. The number of aromatic nitrogens is 1. The van der Waals surface area contributed by atoms with E-state index in [1.165, 1.54) is 0 Å². The maximum atomic E-state index is 12.1. The molecule has 1 aromatic heterocycles. The van der Waals surface area contributed by atoms with Gasteiger partial charge in [0.25, 0.3) is 17.2 Å². The Morgan fingerprint density at radius 2 is 2.25 bits per heavy atom. The van der Waals surface area contributed by atoms with Crippen molar-refractivity contribution in [3.05, 3.63) is 38.3 Å². The Bertz CT molecular complexity index is 581. The fourth-order valence-corrected chi connectivity index (χ4v) is 2.57. The molecule has 0 radical (unpaired) electrons. The Labute approximate surface area is 115 Å². The lowest BCUT2D eigenvalue weighted by molar-refractivity contribution is -0.385. The molecule has 0 spiro atoms. The van der Waals surface area contributed by atoms with Crippen LogP contribution < -0.4 is 10.9 Å². The summed E-state index contributed by atoms with van der Waals surface area (Å²) in [5, 5.41) is 13.5. The topological polar surface area (TPSA) is 105 Å². The lowest BCUT2D eigenvalue weighted by atomic mass is 9.87. The van der Waals surface area contributed by atoms with Crippen molar-refractivity contribution in [2.45, 2.75) is 38.6 Å². The van der Waals surface area contributed by atoms with E-state index in [2.05, 4.69) is 17.2 Å². The number of hydrogen-bond acceptors (Lipinski definition) is 4. The fourth-order valence-electron chi connectivity index (χ4n) is 2.57. The summed E-state index contributed by atoms with van der Waals surface area (Å²) >= 11 is 0. The van der Waals surface area contributed by atoms with E-state index in [0.29, 0.717) is 5.92 Å². The largest absolute Gasteiger partial charge is 0.349 e. The second-order valence-electron chi connectivity index (χ2n) is 5.30. The quantitative estimate of drug-likeness (QED) is 0.647. The fraction of sp³-hybridized carbons (Fsp3) is 0.538. The molecule has 2 unspecified atom stereocenters. The molecule has 1 aromatic rings. The molecule has 1 saturated carbocycles. The maximum absolute atomic E-state index is 12.1. The van der Waals surface area contributed by atoms with Crippen LogP contribution in [0, 0.1) is 16.0 Å². The number of nitrogens with one attached hydrogen (secondary N) is 2. The van der Waals surface area contributed by atoms with Crippen LogP contribution in [0.25, 0.3) is 0 Å². The first-order valence-corrected chi connectivity index (χ1v) is 6.65. The number of carbonyl (C=O) groups excluding carboxylic acids is 1. The van der Waals surface area contributed by atoms with Gasteiger partial charge in [-0.3, -0.25) is 19.7 Å². The molecule has 1 aliphatic carbocycles. The first-order chi connectivity index (χ1) is 9.47. The van der Waals surface area contributed by atoms with Crippen molar-refractivity contribution >= 4 is 11.6 Å². The van der Waals surface area contributed by atoms with Gasteiger partial charge in [-0.2, -0.15) is 0 Å². The SMILES string of the molecule is CC1CCCC(NC(=O)c2cc([N+](=O)[O-])c[nH]c2=O)C1. The molecular formula is C13H17N3O4. The van der Waals surface area contributed by atoms with Crippen LogP contribution in [0.15, 0.2) is 17.1 Å². The van der Waals surface area contributed by atoms with Gasteiger partial charge in [0.2, 0.25) is 0 Å². The third-order valence-electron chi connectivity index (χ3n) is 3.62. The van der Waals surface area contributed by atoms with E-state index in [1.807, 2.05) is 0 Å². The van der Waals surface area contributed by atoms with E-state index in [1.54, 1.807) is 0 Å². The minimum Gasteiger partial charge on any atom is -0.349 e. The van der Waals surface area contributed by atoms with Crippen LogP contribution in [0.3, 0.4) is 0 Å². The summed E-state index contributed by atoms with van der Waals surface area (Å²) in [6.45, 7) is 2.12. The highest BCUT2D eigenvalue weighted by Crippen LogP contribution is 2.23. The number of hydrogen-bond donors (Lipinski definition) is 2. The number of nitro groups is 1. The molecule has 1 amide bonds. The van der Waals surface area contributed by atoms with E-state index in [4.69, 9.17) is 0 Å². The highest BCUT2D eigenvalue weighted by atomic mass is 16.6. The third-order valence-corrected chi connectivity index (χ3v) is 3.62. The molecular weight excluding hydrogens is 262 g/mol. The van der Waals surface area contributed by atoms with Gasteiger partial charge in [-0.15, -0.1) is 0 Å². The van der Waals surface area contributed by atoms with Crippen molar-refractivity contribution in [1.29, 1.82) is 0 Å². The summed E-state index contributed by atoms with van der Waals surface area (Å²) < 4.78 is 0. The molecule has 2 rings (SSSR count). The predicted molar refractivity (Wildman–Crippen MR) is 72.6 cm³/mol. The molecule has 0 bridgehead atoms. The van der Waals surface area contributed by atoms with Crippen molar-refractivity contribution in [1.82, 2.24) is 10.3 Å². The van der Waals surface area contributed by atoms with Gasteiger partial charge < -0.3 is 10.3 Å². The minimum atomic E-state index is -0.643. The van der Waals surface area contributed by atoms with Crippen LogP contribution in [0.2, 0.25) is 0 Å². The van der Waals surface area contributed by atoms with Gasteiger partial charge in [0.15, 0.2) is 0 Å². The lowest BCUT2D eigenvalue weighted by Crippen LogP contribution is -2.40. The number of carbonyl (C=O) groups is 1. The minimum absolute atomic E-state index is 0.0323. The van der Waals surface area contributed by atoms with Crippen LogP contribution in [-0.2, 0) is 0 Å². The molecule has 1 heterocycles. The average Bonchev–Trinajstić information content (AvgIpc) is 2.38. The Hall–Kier alpha value is -2.18. The Morgan fingerprint density at radius 3 is 2.90 bits per heavy atom. The second kappa shape index (κ2) is 5.85. The lowest BCUT2D eigenvalue weighted by Gasteiger charge is -2.27. The van der Waals surface area contributed by atoms with Gasteiger partial charge in [0, 0.05) is 12.1 Å². The summed E-state index contributed by atoms with van der Waals surface area (Å²) in [5.74, 6) is -0.00788. The van der Waals surface area contributed by atoms with Gasteiger partial charge in [0.05, 0.1) is 11.1 Å². The molecule has 20 heavy (non-hydrogen) atoms. The molecule has 1 fully saturated rings. The molecule has 2 N–H and O–H groups in total. The number of pyridine rings is 1. The van der Waals surface area contributed by atoms with Crippen LogP contribution in [0.1, 0.15) is 43.0 Å². The van der Waals surface area contributed by atoms with Gasteiger partial charge in [-0.25, -0.2) is 0 Å². The zero-order valence-electron chi connectivity index (χ0n) is 11.2. The summed E-state index contributed by atoms with van der Waals surface area (Å²) in [4.78, 5) is 35.9. The molecule has 1 aliphatic rings. The standard InChI is InChI=1S/C13H17N3O4/c1-8-3-2-4-9(5-8)15-13(18)11-6-10(16(19)20)7-14-12(11)17/h6-9H,2-5H2,1H3,(H,14,17)(H,15,18). The summed E-state index contributed by atoms with van der Waals surface area (Å²) in [6, 6.07) is 1.05. The number of nitrogens with zero attached hydrogens (tertiary/aromatic N) is 1. The van der Waals surface area contributed by atoms with Gasteiger partial charge in [-0.05, 0) is 18.8 Å². The molecule has 7 heteroatoms. The Morgan fingerprint density at radius 1 is 1.50 bits per heavy atom. The Kier molecular flexibility index (Phi) is 4.16. The van der Waals surface area contributed by atoms with Gasteiger partial charge in [-0.1, -0.05) is 19.8 Å². The molecule has 0 saturated heterocycles. The maximum Gasteiger partial charge on any atom is 0.286 e. The molecule has 108 valence electrons. The van der Waals surface area contributed by atoms with Gasteiger partial charge in [0.1, 0.15) is 5.56 Å². The molecule has 2 atom stereocenters. The van der Waals surface area contributed by atoms with E-state index in [0.717, 1.165) is 37.9 Å². The number of amides is 1. The van der Waals surface area contributed by atoms with Crippen molar-refractivity contribution < 1.29 is 9.72 Å². The average molecular weight is 279 g/mol. The third kappa shape index (κ3) is 3.23. The normalized spacial score (nSPS) is 22.2. The zero-order valence-corrected chi connectivity index (χ0v) is 11.2. The smallest absolute Gasteiger partial charge is 0.286 e. The van der Waals surface area contributed by atoms with E-state index in [-0.39, 0.29) is 17.3 Å². The number of aromatic amines is 1. The highest BCUT2D eigenvalue weighted by Gasteiger charge is 2.23. The number of H-pyrrole nitrogens is 1. The van der Waals surface area contributed by atoms with Crippen LogP contribution in [0.5, 0.6) is 0 Å². The first kappa shape index (κ1) is 14.2. The van der Waals surface area contributed by atoms with Crippen molar-refractivity contribution in [2.24, 2.45) is 5.92 Å². The molecule has 0 aliphatic heterocycles. The van der Waals surface area contributed by atoms with E-state index in [9.17, 15) is 19.7 Å². The van der Waals surface area contributed by atoms with Crippen molar-refractivity contribution in [3.8, 4) is 0 Å². The number of rotatable bonds is 3. The summed E-state index contributed by atoms with van der Waals surface area (Å²) in [5.41, 5.74) is -1.12. The van der Waals surface area contributed by atoms with Crippen molar-refractivity contribution in [3.63, 3.8) is 0 Å². The van der Waals surface area contributed by atoms with Crippen LogP contribution >= 0.6 is 0 Å². The van der Waals surface area contributed by atoms with Crippen molar-refractivity contribution in [2.75, 3.05) is 0 Å². The second-order valence-corrected chi connectivity index (χ2v) is 5.30. The van der Waals surface area contributed by atoms with E-state index < -0.39 is 16.4 Å². The first-order valence-electron chi connectivity index (χ1n) is 6.65. The van der Waals surface area contributed by atoms with Gasteiger partial charge >= 0.3 is 0 Å². The predicted octanol–water partition coefficient (Wildman–Crippen LogP) is 1.59. The molecule has 0 aromatic carbocycles. The molecule has 7 nitrogen and oxygen atoms in total. The van der Waals surface area contributed by atoms with E-state index >= 15 is 0 Å². The van der Waals surface area contributed by atoms with Crippen LogP contribution in [-0.4, -0.2) is 21.9 Å². The van der Waals surface area contributed by atoms with Crippen LogP contribution in [0.4, 0.5) is 5.69 Å². The summed E-state index contributed by atoms with van der Waals surface area (Å²) in [6.07, 6.45) is 4.92. The summed E-state index contributed by atoms with van der Waals surface area (Å²) in [7, 11) is 0.